The van der Waals surface area contributed by atoms with Gasteiger partial charge in [0.25, 0.3) is 5.91 Å². The van der Waals surface area contributed by atoms with Crippen molar-refractivity contribution in [3.63, 3.8) is 0 Å². The topological polar surface area (TPSA) is 83.1 Å². The summed E-state index contributed by atoms with van der Waals surface area (Å²) >= 11 is 1.39. The maximum absolute atomic E-state index is 12.3. The van der Waals surface area contributed by atoms with Gasteiger partial charge in [-0.25, -0.2) is 9.78 Å². The molecule has 3 N–H and O–H groups in total. The number of nitrogens with zero attached hydrogens (tertiary/aromatic N) is 1. The summed E-state index contributed by atoms with van der Waals surface area (Å²) in [5.41, 5.74) is 3.11. The van der Waals surface area contributed by atoms with Crippen LogP contribution in [0.15, 0.2) is 78.9 Å². The third-order valence-corrected chi connectivity index (χ3v) is 5.40. The number of hydrogen-bond donors (Lipinski definition) is 3. The van der Waals surface area contributed by atoms with Gasteiger partial charge in [-0.2, -0.15) is 0 Å². The molecular weight excluding hydrogens is 396 g/mol. The van der Waals surface area contributed by atoms with Gasteiger partial charge >= 0.3 is 6.03 Å². The van der Waals surface area contributed by atoms with E-state index in [1.807, 2.05) is 60.7 Å². The second kappa shape index (κ2) is 9.19. The van der Waals surface area contributed by atoms with Gasteiger partial charge in [-0.15, -0.1) is 0 Å². The Labute approximate surface area is 178 Å². The van der Waals surface area contributed by atoms with Gasteiger partial charge in [0, 0.05) is 17.8 Å². The van der Waals surface area contributed by atoms with Gasteiger partial charge in [-0.3, -0.25) is 10.1 Å². The van der Waals surface area contributed by atoms with E-state index in [0.29, 0.717) is 28.4 Å². The molecular formula is C23H20N4O2S. The lowest BCUT2D eigenvalue weighted by atomic mass is 10.1. The number of carbonyl (C=O) groups excluding carboxylic acids is 2. The van der Waals surface area contributed by atoms with Crippen molar-refractivity contribution in [3.05, 3.63) is 90.0 Å². The van der Waals surface area contributed by atoms with Gasteiger partial charge < -0.3 is 10.6 Å². The van der Waals surface area contributed by atoms with Crippen LogP contribution in [0.4, 0.5) is 15.6 Å². The van der Waals surface area contributed by atoms with Crippen LogP contribution in [0.3, 0.4) is 0 Å². The SMILES string of the molecule is O=C(NCCc1ccccc1)Nc1ccc2sc(NC(=O)c3ccccc3)nc2c1. The Hall–Kier alpha value is -3.71. The van der Waals surface area contributed by atoms with E-state index in [-0.39, 0.29) is 11.9 Å². The highest BCUT2D eigenvalue weighted by atomic mass is 32.1. The Bertz CT molecular complexity index is 1160. The van der Waals surface area contributed by atoms with Gasteiger partial charge in [0.05, 0.1) is 10.2 Å². The number of thiazole rings is 1. The Kier molecular flexibility index (Phi) is 6.01. The second-order valence-corrected chi connectivity index (χ2v) is 7.67. The first-order chi connectivity index (χ1) is 14.7. The highest BCUT2D eigenvalue weighted by molar-refractivity contribution is 7.22. The zero-order valence-corrected chi connectivity index (χ0v) is 16.9. The van der Waals surface area contributed by atoms with Gasteiger partial charge in [-0.1, -0.05) is 59.9 Å². The maximum atomic E-state index is 12.3. The molecule has 0 aliphatic rings. The van der Waals surface area contributed by atoms with Gasteiger partial charge in [-0.05, 0) is 42.3 Å². The number of anilines is 2. The van der Waals surface area contributed by atoms with Crippen LogP contribution in [0.2, 0.25) is 0 Å². The van der Waals surface area contributed by atoms with E-state index >= 15 is 0 Å². The van der Waals surface area contributed by atoms with Gasteiger partial charge in [0.1, 0.15) is 0 Å². The minimum atomic E-state index is -0.266. The molecule has 4 aromatic rings. The lowest BCUT2D eigenvalue weighted by molar-refractivity contribution is 0.102. The van der Waals surface area contributed by atoms with Crippen molar-refractivity contribution in [1.29, 1.82) is 0 Å². The average molecular weight is 417 g/mol. The number of benzene rings is 3. The highest BCUT2D eigenvalue weighted by Crippen LogP contribution is 2.28. The number of carbonyl (C=O) groups is 2. The molecule has 1 aromatic heterocycles. The fourth-order valence-electron chi connectivity index (χ4n) is 2.96. The Morgan fingerprint density at radius 2 is 1.60 bits per heavy atom. The first-order valence-electron chi connectivity index (χ1n) is 9.53. The molecule has 30 heavy (non-hydrogen) atoms. The van der Waals surface area contributed by atoms with Gasteiger partial charge in [0.15, 0.2) is 5.13 Å². The molecule has 3 aromatic carbocycles. The van der Waals surface area contributed by atoms with Crippen molar-refractivity contribution in [3.8, 4) is 0 Å². The summed E-state index contributed by atoms with van der Waals surface area (Å²) in [4.78, 5) is 28.9. The van der Waals surface area contributed by atoms with E-state index in [2.05, 4.69) is 20.9 Å². The number of rotatable bonds is 6. The molecule has 3 amide bonds. The zero-order chi connectivity index (χ0) is 20.8. The lowest BCUT2D eigenvalue weighted by Gasteiger charge is -2.07. The molecule has 1 heterocycles. The minimum Gasteiger partial charge on any atom is -0.338 e. The summed E-state index contributed by atoms with van der Waals surface area (Å²) in [6.07, 6.45) is 0.768. The molecule has 150 valence electrons. The average Bonchev–Trinajstić information content (AvgIpc) is 3.16. The molecule has 4 rings (SSSR count). The monoisotopic (exact) mass is 416 g/mol. The summed E-state index contributed by atoms with van der Waals surface area (Å²) < 4.78 is 0.924. The van der Waals surface area contributed by atoms with Crippen LogP contribution in [0.1, 0.15) is 15.9 Å². The van der Waals surface area contributed by atoms with Crippen molar-refractivity contribution >= 4 is 44.3 Å². The molecule has 0 radical (unpaired) electrons. The maximum Gasteiger partial charge on any atom is 0.319 e. The molecule has 0 fully saturated rings. The number of hydrogen-bond acceptors (Lipinski definition) is 4. The van der Waals surface area contributed by atoms with Crippen LogP contribution < -0.4 is 16.0 Å². The van der Waals surface area contributed by atoms with Crippen LogP contribution in [0.5, 0.6) is 0 Å². The predicted molar refractivity (Wildman–Crippen MR) is 121 cm³/mol. The summed E-state index contributed by atoms with van der Waals surface area (Å²) in [7, 11) is 0. The zero-order valence-electron chi connectivity index (χ0n) is 16.1. The van der Waals surface area contributed by atoms with Crippen LogP contribution in [-0.2, 0) is 6.42 Å². The number of aromatic nitrogens is 1. The molecule has 0 aliphatic carbocycles. The first kappa shape index (κ1) is 19.6. The molecule has 0 bridgehead atoms. The normalized spacial score (nSPS) is 10.5. The molecule has 0 unspecified atom stereocenters. The molecule has 7 heteroatoms. The standard InChI is InChI=1S/C23H20N4O2S/c28-21(17-9-5-2-6-10-17)27-23-26-19-15-18(11-12-20(19)30-23)25-22(29)24-14-13-16-7-3-1-4-8-16/h1-12,15H,13-14H2,(H2,24,25,29)(H,26,27,28). The van der Waals surface area contributed by atoms with E-state index in [1.165, 1.54) is 16.9 Å². The smallest absolute Gasteiger partial charge is 0.319 e. The third-order valence-electron chi connectivity index (χ3n) is 4.44. The molecule has 0 spiro atoms. The summed E-state index contributed by atoms with van der Waals surface area (Å²) in [5.74, 6) is -0.203. The van der Waals surface area contributed by atoms with Gasteiger partial charge in [0.2, 0.25) is 0 Å². The van der Waals surface area contributed by atoms with Crippen LogP contribution >= 0.6 is 11.3 Å². The van der Waals surface area contributed by atoms with Crippen LogP contribution in [0, 0.1) is 0 Å². The summed E-state index contributed by atoms with van der Waals surface area (Å²) in [6.45, 7) is 0.546. The second-order valence-electron chi connectivity index (χ2n) is 6.64. The minimum absolute atomic E-state index is 0.203. The van der Waals surface area contributed by atoms with Crippen LogP contribution in [0.25, 0.3) is 10.2 Å². The first-order valence-corrected chi connectivity index (χ1v) is 10.3. The van der Waals surface area contributed by atoms with E-state index in [0.717, 1.165) is 11.1 Å². The van der Waals surface area contributed by atoms with Crippen molar-refractivity contribution < 1.29 is 9.59 Å². The molecule has 6 nitrogen and oxygen atoms in total. The van der Waals surface area contributed by atoms with E-state index < -0.39 is 0 Å². The van der Waals surface area contributed by atoms with Crippen molar-refractivity contribution in [2.45, 2.75) is 6.42 Å². The summed E-state index contributed by atoms with van der Waals surface area (Å²) in [6, 6.07) is 24.2. The van der Waals surface area contributed by atoms with Crippen LogP contribution in [-0.4, -0.2) is 23.5 Å². The number of fused-ring (bicyclic) bond motifs is 1. The largest absolute Gasteiger partial charge is 0.338 e. The predicted octanol–water partition coefficient (Wildman–Crippen LogP) is 4.91. The number of urea groups is 1. The Morgan fingerprint density at radius 3 is 2.37 bits per heavy atom. The fraction of sp³-hybridized carbons (Fsp3) is 0.0870. The quantitative estimate of drug-likeness (QED) is 0.417. The van der Waals surface area contributed by atoms with E-state index in [1.54, 1.807) is 18.2 Å². The lowest BCUT2D eigenvalue weighted by Crippen LogP contribution is -2.30. The molecule has 0 saturated carbocycles. The third kappa shape index (κ3) is 5.01. The Morgan fingerprint density at radius 1 is 0.867 bits per heavy atom. The van der Waals surface area contributed by atoms with Crippen molar-refractivity contribution in [2.75, 3.05) is 17.2 Å². The molecule has 0 atom stereocenters. The van der Waals surface area contributed by atoms with Crippen molar-refractivity contribution in [2.24, 2.45) is 0 Å². The highest BCUT2D eigenvalue weighted by Gasteiger charge is 2.10. The number of amides is 3. The Balaban J connectivity index is 1.35. The fourth-order valence-corrected chi connectivity index (χ4v) is 3.80. The number of nitrogens with one attached hydrogen (secondary N) is 3. The van der Waals surface area contributed by atoms with E-state index in [9.17, 15) is 9.59 Å². The summed E-state index contributed by atoms with van der Waals surface area (Å²) in [5, 5.41) is 9.01. The molecule has 0 aliphatic heterocycles. The van der Waals surface area contributed by atoms with Crippen molar-refractivity contribution in [1.82, 2.24) is 10.3 Å². The molecule has 0 saturated heterocycles. The van der Waals surface area contributed by atoms with E-state index in [4.69, 9.17) is 0 Å².